The quantitative estimate of drug-likeness (QED) is 0.870. The lowest BCUT2D eigenvalue weighted by Gasteiger charge is -2.26. The molecule has 0 saturated carbocycles. The Bertz CT molecular complexity index is 653. The third-order valence-electron chi connectivity index (χ3n) is 3.46. The van der Waals surface area contributed by atoms with Crippen LogP contribution in [0.1, 0.15) is 21.7 Å². The van der Waals surface area contributed by atoms with Gasteiger partial charge in [-0.25, -0.2) is 9.97 Å². The van der Waals surface area contributed by atoms with Crippen molar-refractivity contribution in [1.29, 1.82) is 0 Å². The van der Waals surface area contributed by atoms with Gasteiger partial charge >= 0.3 is 0 Å². The molecular weight excluding hydrogens is 296 g/mol. The summed E-state index contributed by atoms with van der Waals surface area (Å²) in [7, 11) is 0. The second kappa shape index (κ2) is 7.10. The van der Waals surface area contributed by atoms with E-state index in [1.54, 1.807) is 12.4 Å². The van der Waals surface area contributed by atoms with Gasteiger partial charge in [0.1, 0.15) is 0 Å². The van der Waals surface area contributed by atoms with Crippen LogP contribution in [-0.4, -0.2) is 52.1 Å². The normalized spacial score (nSPS) is 14.6. The topological polar surface area (TPSA) is 93.1 Å². The lowest BCUT2D eigenvalue weighted by atomic mass is 10.3. The summed E-state index contributed by atoms with van der Waals surface area (Å²) in [5.41, 5.74) is 1.96. The van der Waals surface area contributed by atoms with E-state index in [0.717, 1.165) is 18.8 Å². The minimum Gasteiger partial charge on any atom is -0.378 e. The molecule has 1 aliphatic rings. The van der Waals surface area contributed by atoms with Crippen molar-refractivity contribution >= 4 is 11.9 Å². The summed E-state index contributed by atoms with van der Waals surface area (Å²) in [4.78, 5) is 31.0. The van der Waals surface area contributed by atoms with Crippen LogP contribution in [0.3, 0.4) is 0 Å². The highest BCUT2D eigenvalue weighted by Crippen LogP contribution is 2.09. The van der Waals surface area contributed by atoms with Gasteiger partial charge in [-0.1, -0.05) is 0 Å². The standard InChI is InChI=1S/C15H18N6O2/c1-11-6-17-13(9-16-11)10-18-14(22)12-7-19-15(20-8-12)21-2-4-23-5-3-21/h6-9H,2-5,10H2,1H3,(H,18,22). The number of hydrogen-bond donors (Lipinski definition) is 1. The lowest BCUT2D eigenvalue weighted by Crippen LogP contribution is -2.37. The van der Waals surface area contributed by atoms with Crippen LogP contribution in [0.5, 0.6) is 0 Å². The second-order valence-electron chi connectivity index (χ2n) is 5.20. The summed E-state index contributed by atoms with van der Waals surface area (Å²) in [6.45, 7) is 5.04. The number of anilines is 1. The maximum Gasteiger partial charge on any atom is 0.254 e. The summed E-state index contributed by atoms with van der Waals surface area (Å²) in [6, 6.07) is 0. The Balaban J connectivity index is 1.57. The molecule has 1 N–H and O–H groups in total. The molecule has 2 aromatic rings. The van der Waals surface area contributed by atoms with E-state index >= 15 is 0 Å². The molecule has 23 heavy (non-hydrogen) atoms. The summed E-state index contributed by atoms with van der Waals surface area (Å²) in [6.07, 6.45) is 6.39. The fourth-order valence-corrected chi connectivity index (χ4v) is 2.15. The summed E-state index contributed by atoms with van der Waals surface area (Å²) < 4.78 is 5.29. The first kappa shape index (κ1) is 15.3. The minimum absolute atomic E-state index is 0.235. The van der Waals surface area contributed by atoms with Crippen LogP contribution in [0.2, 0.25) is 0 Å². The first-order valence-electron chi connectivity index (χ1n) is 7.43. The van der Waals surface area contributed by atoms with Gasteiger partial charge in [0.15, 0.2) is 0 Å². The Morgan fingerprint density at radius 2 is 1.87 bits per heavy atom. The van der Waals surface area contributed by atoms with Crippen LogP contribution >= 0.6 is 0 Å². The van der Waals surface area contributed by atoms with E-state index in [1.807, 2.05) is 11.8 Å². The van der Waals surface area contributed by atoms with Crippen molar-refractivity contribution in [2.45, 2.75) is 13.5 Å². The molecule has 3 rings (SSSR count). The van der Waals surface area contributed by atoms with Gasteiger partial charge < -0.3 is 15.0 Å². The second-order valence-corrected chi connectivity index (χ2v) is 5.20. The largest absolute Gasteiger partial charge is 0.378 e. The van der Waals surface area contributed by atoms with Crippen LogP contribution in [0.25, 0.3) is 0 Å². The zero-order valence-electron chi connectivity index (χ0n) is 12.9. The molecule has 3 heterocycles. The first-order chi connectivity index (χ1) is 11.2. The van der Waals surface area contributed by atoms with E-state index in [0.29, 0.717) is 37.0 Å². The summed E-state index contributed by atoms with van der Waals surface area (Å²) >= 11 is 0. The number of hydrogen-bond acceptors (Lipinski definition) is 7. The maximum atomic E-state index is 12.1. The van der Waals surface area contributed by atoms with Crippen LogP contribution in [0.15, 0.2) is 24.8 Å². The van der Waals surface area contributed by atoms with Gasteiger partial charge in [0.2, 0.25) is 5.95 Å². The molecule has 0 atom stereocenters. The minimum atomic E-state index is -0.235. The zero-order valence-corrected chi connectivity index (χ0v) is 12.9. The predicted molar refractivity (Wildman–Crippen MR) is 83.0 cm³/mol. The molecule has 0 spiro atoms. The van der Waals surface area contributed by atoms with E-state index in [4.69, 9.17) is 4.74 Å². The van der Waals surface area contributed by atoms with E-state index in [2.05, 4.69) is 25.3 Å². The van der Waals surface area contributed by atoms with Crippen molar-refractivity contribution in [3.05, 3.63) is 41.7 Å². The first-order valence-corrected chi connectivity index (χ1v) is 7.43. The monoisotopic (exact) mass is 314 g/mol. The Morgan fingerprint density at radius 1 is 1.13 bits per heavy atom. The number of nitrogens with zero attached hydrogens (tertiary/aromatic N) is 5. The number of carbonyl (C=O) groups excluding carboxylic acids is 1. The molecule has 2 aromatic heterocycles. The van der Waals surface area contributed by atoms with Gasteiger partial charge in [0, 0.05) is 31.7 Å². The third-order valence-corrected chi connectivity index (χ3v) is 3.46. The van der Waals surface area contributed by atoms with Gasteiger partial charge in [-0.2, -0.15) is 0 Å². The molecule has 8 nitrogen and oxygen atoms in total. The number of nitrogens with one attached hydrogen (secondary N) is 1. The molecule has 0 aromatic carbocycles. The van der Waals surface area contributed by atoms with Crippen molar-refractivity contribution < 1.29 is 9.53 Å². The Hall–Kier alpha value is -2.61. The van der Waals surface area contributed by atoms with Crippen LogP contribution in [0.4, 0.5) is 5.95 Å². The van der Waals surface area contributed by atoms with Crippen LogP contribution < -0.4 is 10.2 Å². The highest BCUT2D eigenvalue weighted by molar-refractivity contribution is 5.93. The molecule has 0 radical (unpaired) electrons. The Morgan fingerprint density at radius 3 is 2.52 bits per heavy atom. The number of aromatic nitrogens is 4. The van der Waals surface area contributed by atoms with Crippen molar-refractivity contribution in [3.8, 4) is 0 Å². The SMILES string of the molecule is Cc1cnc(CNC(=O)c2cnc(N3CCOCC3)nc2)cn1. The smallest absolute Gasteiger partial charge is 0.254 e. The fraction of sp³-hybridized carbons (Fsp3) is 0.400. The zero-order chi connectivity index (χ0) is 16.1. The number of rotatable bonds is 4. The molecule has 8 heteroatoms. The van der Waals surface area contributed by atoms with Crippen molar-refractivity contribution in [1.82, 2.24) is 25.3 Å². The molecule has 1 aliphatic heterocycles. The highest BCUT2D eigenvalue weighted by Gasteiger charge is 2.14. The summed E-state index contributed by atoms with van der Waals surface area (Å²) in [5, 5.41) is 2.78. The number of morpholine rings is 1. The van der Waals surface area contributed by atoms with Crippen LogP contribution in [-0.2, 0) is 11.3 Å². The number of aryl methyl sites for hydroxylation is 1. The molecule has 0 unspecified atom stereocenters. The van der Waals surface area contributed by atoms with Crippen molar-refractivity contribution in [2.24, 2.45) is 0 Å². The molecule has 1 amide bonds. The van der Waals surface area contributed by atoms with Gasteiger partial charge in [-0.05, 0) is 6.92 Å². The van der Waals surface area contributed by atoms with Gasteiger partial charge in [-0.3, -0.25) is 14.8 Å². The van der Waals surface area contributed by atoms with E-state index in [9.17, 15) is 4.79 Å². The molecule has 0 bridgehead atoms. The average Bonchev–Trinajstić information content (AvgIpc) is 2.62. The molecule has 1 saturated heterocycles. The summed E-state index contributed by atoms with van der Waals surface area (Å²) in [5.74, 6) is 0.384. The third kappa shape index (κ3) is 3.98. The van der Waals surface area contributed by atoms with Crippen LogP contribution in [0, 0.1) is 6.92 Å². The van der Waals surface area contributed by atoms with Gasteiger partial charge in [0.25, 0.3) is 5.91 Å². The maximum absolute atomic E-state index is 12.1. The van der Waals surface area contributed by atoms with E-state index in [-0.39, 0.29) is 5.91 Å². The average molecular weight is 314 g/mol. The van der Waals surface area contributed by atoms with Crippen molar-refractivity contribution in [2.75, 3.05) is 31.2 Å². The molecule has 0 aliphatic carbocycles. The lowest BCUT2D eigenvalue weighted by molar-refractivity contribution is 0.0949. The van der Waals surface area contributed by atoms with E-state index in [1.165, 1.54) is 12.4 Å². The van der Waals surface area contributed by atoms with E-state index < -0.39 is 0 Å². The predicted octanol–water partition coefficient (Wildman–Crippen LogP) is 0.342. The molecule has 120 valence electrons. The molecule has 1 fully saturated rings. The number of carbonyl (C=O) groups is 1. The highest BCUT2D eigenvalue weighted by atomic mass is 16.5. The number of ether oxygens (including phenoxy) is 1. The van der Waals surface area contributed by atoms with Gasteiger partial charge in [0.05, 0.1) is 42.9 Å². The number of amides is 1. The molecular formula is C15H18N6O2. The van der Waals surface area contributed by atoms with Gasteiger partial charge in [-0.15, -0.1) is 0 Å². The van der Waals surface area contributed by atoms with Crippen molar-refractivity contribution in [3.63, 3.8) is 0 Å². The fourth-order valence-electron chi connectivity index (χ4n) is 2.15. The Kier molecular flexibility index (Phi) is 4.72. The Labute approximate surface area is 134 Å².